The minimum absolute atomic E-state index is 0.146. The van der Waals surface area contributed by atoms with Gasteiger partial charge in [0.15, 0.2) is 8.07 Å². The third-order valence-corrected chi connectivity index (χ3v) is 36.6. The van der Waals surface area contributed by atoms with Gasteiger partial charge in [0.1, 0.15) is 10.9 Å². The zero-order valence-electron chi connectivity index (χ0n) is 72.3. The Kier molecular flexibility index (Phi) is 21.7. The number of fused-ring (bicyclic) bond motifs is 27. The number of hydrogen-bond acceptors (Lipinski definition) is 13. The lowest BCUT2D eigenvalue weighted by Crippen LogP contribution is -2.74. The van der Waals surface area contributed by atoms with Crippen LogP contribution in [0.1, 0.15) is 0 Å². The molecule has 2 N–H and O–H groups in total. The quantitative estimate of drug-likeness (QED) is 0.0427. The van der Waals surface area contributed by atoms with E-state index in [0.29, 0.717) is 28.4 Å². The third kappa shape index (κ3) is 14.5. The summed E-state index contributed by atoms with van der Waals surface area (Å²) < 4.78 is 22.0. The molecule has 0 aliphatic rings. The molecular weight excluding hydrogens is 1800 g/mol. The molecule has 0 saturated carbocycles. The summed E-state index contributed by atoms with van der Waals surface area (Å²) in [6.07, 6.45) is 3.60. The van der Waals surface area contributed by atoms with Gasteiger partial charge in [-0.25, -0.2) is 19.9 Å². The molecule has 10 aromatic heterocycles. The van der Waals surface area contributed by atoms with Gasteiger partial charge in [0, 0.05) is 169 Å². The maximum atomic E-state index is 11.3. The van der Waals surface area contributed by atoms with Crippen molar-refractivity contribution in [2.75, 3.05) is 0 Å². The summed E-state index contributed by atoms with van der Waals surface area (Å²) in [5.41, 5.74) is 10.5. The number of halogens is 1. The van der Waals surface area contributed by atoms with Crippen molar-refractivity contribution in [3.05, 3.63) is 446 Å². The molecule has 0 atom stereocenters. The van der Waals surface area contributed by atoms with Crippen molar-refractivity contribution in [3.8, 4) is 40.0 Å². The highest BCUT2D eigenvalue weighted by atomic mass is 35.5. The Morgan fingerprint density at radius 2 is 0.721 bits per heavy atom. The van der Waals surface area contributed by atoms with Crippen molar-refractivity contribution >= 4 is 277 Å². The Hall–Kier alpha value is -15.6. The average molecular weight is 1880 g/mol. The maximum absolute atomic E-state index is 11.3. The number of hydrogen-bond donors (Lipinski definition) is 2. The van der Waals surface area contributed by atoms with Crippen molar-refractivity contribution < 1.29 is 14.6 Å². The van der Waals surface area contributed by atoms with Gasteiger partial charge in [-0.15, -0.1) is 56.7 Å². The zero-order chi connectivity index (χ0) is 90.9. The van der Waals surface area contributed by atoms with Crippen molar-refractivity contribution in [3.63, 3.8) is 0 Å². The topological polar surface area (TPSA) is 150 Å². The molecule has 0 unspecified atom stereocenters. The molecule has 0 spiro atoms. The number of nitro benzene ring substituents is 1. The molecule has 12 nitrogen and oxygen atoms in total. The van der Waals surface area contributed by atoms with Crippen LogP contribution in [0, 0.1) is 10.1 Å². The van der Waals surface area contributed by atoms with E-state index in [1.54, 1.807) is 47.1 Å². The average Bonchev–Trinajstić information content (AvgIpc) is 1.69. The largest absolute Gasteiger partial charge is 0.569 e. The van der Waals surface area contributed by atoms with Crippen LogP contribution >= 0.6 is 68.3 Å². The molecule has 0 bridgehead atoms. The lowest BCUT2D eigenvalue weighted by Gasteiger charge is -2.34. The number of aromatic amines is 1. The van der Waals surface area contributed by atoms with Crippen LogP contribution in [0.4, 0.5) is 5.69 Å². The number of nitrogens with one attached hydrogen (secondary N) is 1. The Labute approximate surface area is 804 Å². The van der Waals surface area contributed by atoms with Crippen LogP contribution in [0.3, 0.4) is 0 Å². The summed E-state index contributed by atoms with van der Waals surface area (Å²) >= 11 is 15.1. The number of thiophene rings is 5. The summed E-state index contributed by atoms with van der Waals surface area (Å²) in [6, 6.07) is 146. The van der Waals surface area contributed by atoms with Gasteiger partial charge in [-0.3, -0.25) is 19.2 Å². The van der Waals surface area contributed by atoms with Gasteiger partial charge in [-0.05, 0) is 112 Å². The molecule has 28 rings (SSSR count). The van der Waals surface area contributed by atoms with Crippen LogP contribution in [0.25, 0.3) is 201 Å². The molecule has 20 heteroatoms. The highest BCUT2D eigenvalue weighted by molar-refractivity contribution is 7.28. The Bertz CT molecular complexity index is 9430. The number of aromatic nitrogens is 7. The molecule has 18 aromatic carbocycles. The van der Waals surface area contributed by atoms with Crippen LogP contribution in [-0.2, 0) is 0 Å². The lowest BCUT2D eigenvalue weighted by molar-refractivity contribution is -0.384. The molecular formula is C116H73BClN8O4S5Si. The van der Waals surface area contributed by atoms with Crippen LogP contribution < -0.4 is 25.4 Å². The highest BCUT2D eigenvalue weighted by Crippen LogP contribution is 2.49. The Morgan fingerprint density at radius 3 is 1.24 bits per heavy atom. The van der Waals surface area contributed by atoms with E-state index in [4.69, 9.17) is 31.2 Å². The second-order valence-electron chi connectivity index (χ2n) is 33.1. The summed E-state index contributed by atoms with van der Waals surface area (Å²) in [7, 11) is -1.97. The second kappa shape index (κ2) is 35.4. The van der Waals surface area contributed by atoms with E-state index in [-0.39, 0.29) is 10.6 Å². The number of nitrogens with zero attached hydrogens (tertiary/aromatic N) is 7. The monoisotopic (exact) mass is 1880 g/mol. The number of H-pyrrole nitrogens is 1. The standard InChI is InChI=1S/C46H31N3SSi.C22H12ClN3S.C18H11NO2S.C18H11NS.C12H8BO2S/c1-4-16-33(17-5-1)51(34-18-6-2-7-19-34,35-20-8-3-9-21-35)36-22-14-15-32(31-36)40-29-30-47-46(48-40)49-41-25-12-10-24-39(41)44-42(49)28-27-38-37-23-11-13-26-43(37)50-45(38)44;23-19-11-12-24-22(25-19)26-16-7-3-1-6-15(16)20-17(26)10-9-14-13-5-2-4-8-18(13)27-21(14)20;20-19(21)16-10-3-1-6-12(16)14-8-5-9-15-13-7-2-4-11-17(13)22-18(14)15;1-3-7-14-13(6-1)17-15(19-14)10-9-12-11-5-2-4-8-16(11)20-18(12)17;14-13-15-10-6-3-5-9-8-4-1-2-7-11(8)16-12(9)10/h1-31H;1-12H;1-11H;1-10,19H;1-7,14H. The molecule has 0 aliphatic carbocycles. The predicted octanol–water partition coefficient (Wildman–Crippen LogP) is 29.9. The summed E-state index contributed by atoms with van der Waals surface area (Å²) in [5, 5.41) is 46.1. The van der Waals surface area contributed by atoms with Gasteiger partial charge in [0.05, 0.1) is 42.9 Å². The minimum atomic E-state index is -2.69. The predicted molar refractivity (Wildman–Crippen MR) is 581 cm³/mol. The number of rotatable bonds is 11. The van der Waals surface area contributed by atoms with Crippen molar-refractivity contribution in [2.45, 2.75) is 0 Å². The molecule has 645 valence electrons. The van der Waals surface area contributed by atoms with Crippen molar-refractivity contribution in [1.29, 1.82) is 0 Å². The first-order chi connectivity index (χ1) is 67.2. The molecule has 0 amide bonds. The normalized spacial score (nSPS) is 11.7. The van der Waals surface area contributed by atoms with E-state index in [1.807, 2.05) is 113 Å². The van der Waals surface area contributed by atoms with Crippen LogP contribution in [0.2, 0.25) is 5.15 Å². The second-order valence-corrected chi connectivity index (χ2v) is 42.5. The van der Waals surface area contributed by atoms with Crippen molar-refractivity contribution in [2.24, 2.45) is 0 Å². The van der Waals surface area contributed by atoms with Gasteiger partial charge in [-0.1, -0.05) is 333 Å². The lowest BCUT2D eigenvalue weighted by atomic mass is 10.0. The fraction of sp³-hybridized carbons (Fsp3) is 0. The van der Waals surface area contributed by atoms with Crippen molar-refractivity contribution in [1.82, 2.24) is 34.1 Å². The maximum Gasteiger partial charge on any atom is 0.569 e. The highest BCUT2D eigenvalue weighted by Gasteiger charge is 2.42. The number of para-hydroxylation sites is 4. The van der Waals surface area contributed by atoms with E-state index < -0.39 is 8.07 Å². The molecule has 28 aromatic rings. The van der Waals surface area contributed by atoms with Gasteiger partial charge in [-0.2, -0.15) is 0 Å². The van der Waals surface area contributed by atoms with E-state index in [2.05, 4.69) is 352 Å². The van der Waals surface area contributed by atoms with Gasteiger partial charge in [0.2, 0.25) is 11.9 Å². The first-order valence-electron chi connectivity index (χ1n) is 44.4. The first-order valence-corrected chi connectivity index (χ1v) is 50.9. The molecule has 0 saturated heterocycles. The van der Waals surface area contributed by atoms with E-state index in [0.717, 1.165) is 61.4 Å². The van der Waals surface area contributed by atoms with Crippen LogP contribution in [0.5, 0.6) is 5.75 Å². The molecule has 0 aliphatic heterocycles. The molecule has 1 radical (unpaired) electrons. The molecule has 136 heavy (non-hydrogen) atoms. The zero-order valence-corrected chi connectivity index (χ0v) is 78.1. The summed E-state index contributed by atoms with van der Waals surface area (Å²) in [5.74, 6) is 1.96. The molecule has 10 heterocycles. The van der Waals surface area contributed by atoms with Crippen LogP contribution in [-0.4, -0.2) is 59.8 Å². The fourth-order valence-corrected chi connectivity index (χ4v) is 30.8. The minimum Gasteiger partial charge on any atom is -0.536 e. The first kappa shape index (κ1) is 83.4. The fourth-order valence-electron chi connectivity index (χ4n) is 19.7. The number of benzene rings is 18. The Balaban J connectivity index is 0.000000100. The smallest absolute Gasteiger partial charge is 0.536 e. The SMILES string of the molecule is Clc1ccnc(-n2c3ccccc3c3c4sc5ccccc5c4ccc32)n1.O=[N+]([O-])c1ccccc1-c1cccc2c1sc1ccccc12.O[B]Oc1cccc2c1sc1ccccc12.c1ccc([Si](c2ccccc2)(c2ccccc2)c2cccc(-c3ccnc(-n4c5ccccc5c5c6sc7ccccc7c6ccc54)n3)c2)cc1.c1ccc2c(c1)[nH]c1ccc3c4ccccc4sc3c12. The number of nitro groups is 1. The van der Waals surface area contributed by atoms with E-state index in [9.17, 15) is 10.1 Å². The van der Waals surface area contributed by atoms with Gasteiger partial charge >= 0.3 is 7.69 Å². The van der Waals surface area contributed by atoms with E-state index in [1.165, 1.54) is 150 Å². The van der Waals surface area contributed by atoms with Gasteiger partial charge < -0.3 is 14.7 Å². The Morgan fingerprint density at radius 1 is 0.331 bits per heavy atom. The van der Waals surface area contributed by atoms with Crippen LogP contribution in [0.15, 0.2) is 431 Å². The van der Waals surface area contributed by atoms with E-state index >= 15 is 0 Å². The summed E-state index contributed by atoms with van der Waals surface area (Å²) in [6.45, 7) is 0. The third-order valence-electron chi connectivity index (χ3n) is 25.6. The summed E-state index contributed by atoms with van der Waals surface area (Å²) in [4.78, 5) is 33.7. The molecule has 0 fully saturated rings. The van der Waals surface area contributed by atoms with Gasteiger partial charge in [0.25, 0.3) is 5.69 Å².